The Hall–Kier alpha value is -2.64. The Bertz CT molecular complexity index is 804. The minimum atomic E-state index is -1.25. The summed E-state index contributed by atoms with van der Waals surface area (Å²) in [5.74, 6) is -2.62. The highest BCUT2D eigenvalue weighted by Gasteiger charge is 2.31. The number of rotatable bonds is 15. The second-order valence-corrected chi connectivity index (χ2v) is 9.47. The summed E-state index contributed by atoms with van der Waals surface area (Å²) in [4.78, 5) is 56.7. The number of carboxylic acid groups (broad SMARTS) is 1. The smallest absolute Gasteiger partial charge is 0.326 e. The number of carboxylic acids is 1. The van der Waals surface area contributed by atoms with E-state index in [4.69, 9.17) is 5.73 Å². The third kappa shape index (κ3) is 10.1. The first-order valence-corrected chi connectivity index (χ1v) is 12.4. The summed E-state index contributed by atoms with van der Waals surface area (Å²) >= 11 is 1.46. The van der Waals surface area contributed by atoms with Crippen LogP contribution in [0.2, 0.25) is 0 Å². The number of nitrogens with zero attached hydrogens (tertiary/aromatic N) is 1. The fraction of sp³-hybridized carbons (Fsp3) is 0.667. The first-order chi connectivity index (χ1) is 16.0. The summed E-state index contributed by atoms with van der Waals surface area (Å²) in [5.41, 5.74) is 6.24. The molecule has 0 fully saturated rings. The van der Waals surface area contributed by atoms with Crippen LogP contribution in [0.15, 0.2) is 12.5 Å². The number of aromatic amines is 1. The Morgan fingerprint density at radius 2 is 1.65 bits per heavy atom. The van der Waals surface area contributed by atoms with E-state index < -0.39 is 54.0 Å². The van der Waals surface area contributed by atoms with Crippen molar-refractivity contribution in [3.8, 4) is 0 Å². The highest BCUT2D eigenvalue weighted by atomic mass is 32.2. The van der Waals surface area contributed by atoms with Crippen molar-refractivity contribution in [1.82, 2.24) is 25.9 Å². The second-order valence-electron chi connectivity index (χ2n) is 8.48. The molecule has 1 rings (SSSR count). The quantitative estimate of drug-likeness (QED) is 0.158. The molecule has 13 heteroatoms. The van der Waals surface area contributed by atoms with Crippen molar-refractivity contribution < 1.29 is 29.4 Å². The lowest BCUT2D eigenvalue weighted by atomic mass is 10.0. The molecule has 8 N–H and O–H groups in total. The molecule has 1 aromatic heterocycles. The normalized spacial score (nSPS) is 15.6. The van der Waals surface area contributed by atoms with Crippen LogP contribution < -0.4 is 21.7 Å². The number of H-pyrrole nitrogens is 1. The molecular formula is C21H36N6O6S. The number of imidazole rings is 1. The largest absolute Gasteiger partial charge is 0.480 e. The summed E-state index contributed by atoms with van der Waals surface area (Å²) in [6.45, 7) is 5.08. The van der Waals surface area contributed by atoms with Gasteiger partial charge in [0.25, 0.3) is 0 Å². The Labute approximate surface area is 203 Å². The maximum atomic E-state index is 13.1. The average molecular weight is 501 g/mol. The number of hydrogen-bond donors (Lipinski definition) is 7. The van der Waals surface area contributed by atoms with Crippen LogP contribution in [0.25, 0.3) is 0 Å². The van der Waals surface area contributed by atoms with Gasteiger partial charge in [-0.05, 0) is 37.7 Å². The maximum absolute atomic E-state index is 13.1. The van der Waals surface area contributed by atoms with Crippen LogP contribution >= 0.6 is 11.8 Å². The predicted octanol–water partition coefficient (Wildman–Crippen LogP) is -1.00. The van der Waals surface area contributed by atoms with Crippen LogP contribution in [0.3, 0.4) is 0 Å². The molecule has 0 aromatic carbocycles. The third-order valence-corrected chi connectivity index (χ3v) is 5.64. The van der Waals surface area contributed by atoms with Gasteiger partial charge in [-0.1, -0.05) is 13.8 Å². The fourth-order valence-corrected chi connectivity index (χ4v) is 3.52. The number of aliphatic hydroxyl groups is 1. The molecule has 5 atom stereocenters. The first-order valence-electron chi connectivity index (χ1n) is 11.0. The van der Waals surface area contributed by atoms with E-state index in [0.717, 1.165) is 0 Å². The average Bonchev–Trinajstić information content (AvgIpc) is 3.27. The van der Waals surface area contributed by atoms with E-state index in [1.165, 1.54) is 31.2 Å². The molecule has 34 heavy (non-hydrogen) atoms. The van der Waals surface area contributed by atoms with Crippen molar-refractivity contribution in [3.63, 3.8) is 0 Å². The molecule has 0 aliphatic carbocycles. The SMILES string of the molecule is CSCCC(NC(=O)C(CC(C)C)NC(=O)C(Cc1cnc[nH]1)NC(=O)C(N)C(C)O)C(=O)O. The molecule has 1 heterocycles. The van der Waals surface area contributed by atoms with Crippen molar-refractivity contribution in [2.24, 2.45) is 11.7 Å². The standard InChI is InChI=1S/C21H36N6O6S/c1-11(2)7-15(18(29)25-14(21(32)33)5-6-34-4)26-19(30)16(8-13-9-23-10-24-13)27-20(31)17(22)12(3)28/h9-12,14-17,28H,5-8,22H2,1-4H3,(H,23,24)(H,25,29)(H,26,30)(H,27,31)(H,32,33). The van der Waals surface area contributed by atoms with Crippen LogP contribution in [-0.2, 0) is 25.6 Å². The summed E-state index contributed by atoms with van der Waals surface area (Å²) in [6.07, 6.45) is 4.13. The van der Waals surface area contributed by atoms with Gasteiger partial charge in [0.05, 0.1) is 12.4 Å². The zero-order valence-corrected chi connectivity index (χ0v) is 20.7. The highest BCUT2D eigenvalue weighted by molar-refractivity contribution is 7.98. The molecule has 0 bridgehead atoms. The Morgan fingerprint density at radius 3 is 2.15 bits per heavy atom. The number of carbonyl (C=O) groups excluding carboxylic acids is 3. The van der Waals surface area contributed by atoms with Gasteiger partial charge < -0.3 is 36.9 Å². The summed E-state index contributed by atoms with van der Waals surface area (Å²) in [6, 6.07) is -4.47. The molecule has 0 spiro atoms. The van der Waals surface area contributed by atoms with Crippen molar-refractivity contribution in [3.05, 3.63) is 18.2 Å². The van der Waals surface area contributed by atoms with Crippen LogP contribution in [0.4, 0.5) is 0 Å². The van der Waals surface area contributed by atoms with Crippen LogP contribution in [0.1, 0.15) is 39.3 Å². The van der Waals surface area contributed by atoms with Gasteiger partial charge in [-0.15, -0.1) is 0 Å². The number of aliphatic carboxylic acids is 1. The molecule has 0 aliphatic rings. The molecule has 0 saturated heterocycles. The van der Waals surface area contributed by atoms with Gasteiger partial charge in [0.15, 0.2) is 0 Å². The Morgan fingerprint density at radius 1 is 1.06 bits per heavy atom. The Kier molecular flexibility index (Phi) is 12.6. The van der Waals surface area contributed by atoms with E-state index in [2.05, 4.69) is 25.9 Å². The summed E-state index contributed by atoms with van der Waals surface area (Å²) in [5, 5.41) is 26.7. The lowest BCUT2D eigenvalue weighted by molar-refractivity contribution is -0.142. The number of carbonyl (C=O) groups is 4. The van der Waals surface area contributed by atoms with E-state index in [-0.39, 0.29) is 25.2 Å². The van der Waals surface area contributed by atoms with Crippen molar-refractivity contribution in [2.45, 2.75) is 70.3 Å². The second kappa shape index (κ2) is 14.6. The minimum absolute atomic E-state index is 0.00911. The van der Waals surface area contributed by atoms with E-state index in [1.54, 1.807) is 0 Å². The minimum Gasteiger partial charge on any atom is -0.480 e. The zero-order valence-electron chi connectivity index (χ0n) is 19.9. The molecule has 1 aromatic rings. The number of nitrogens with two attached hydrogens (primary N) is 1. The van der Waals surface area contributed by atoms with E-state index >= 15 is 0 Å². The molecule has 0 saturated carbocycles. The molecule has 5 unspecified atom stereocenters. The lowest BCUT2D eigenvalue weighted by Gasteiger charge is -2.26. The number of aromatic nitrogens is 2. The Balaban J connectivity index is 3.03. The predicted molar refractivity (Wildman–Crippen MR) is 128 cm³/mol. The van der Waals surface area contributed by atoms with Gasteiger partial charge in [-0.2, -0.15) is 11.8 Å². The van der Waals surface area contributed by atoms with Gasteiger partial charge in [0.1, 0.15) is 24.2 Å². The molecule has 3 amide bonds. The maximum Gasteiger partial charge on any atom is 0.326 e. The number of hydrogen-bond acceptors (Lipinski definition) is 8. The zero-order chi connectivity index (χ0) is 25.8. The lowest BCUT2D eigenvalue weighted by Crippen LogP contribution is -2.58. The number of amides is 3. The number of nitrogens with one attached hydrogen (secondary N) is 4. The van der Waals surface area contributed by atoms with E-state index in [1.807, 2.05) is 20.1 Å². The molecule has 12 nitrogen and oxygen atoms in total. The molecule has 192 valence electrons. The summed E-state index contributed by atoms with van der Waals surface area (Å²) < 4.78 is 0. The van der Waals surface area contributed by atoms with Crippen molar-refractivity contribution in [2.75, 3.05) is 12.0 Å². The van der Waals surface area contributed by atoms with E-state index in [9.17, 15) is 29.4 Å². The van der Waals surface area contributed by atoms with Crippen LogP contribution in [-0.4, -0.2) is 86.2 Å². The molecule has 0 aliphatic heterocycles. The molecular weight excluding hydrogens is 464 g/mol. The number of aliphatic hydroxyl groups excluding tert-OH is 1. The van der Waals surface area contributed by atoms with Gasteiger partial charge in [0, 0.05) is 18.3 Å². The van der Waals surface area contributed by atoms with E-state index in [0.29, 0.717) is 11.4 Å². The fourth-order valence-electron chi connectivity index (χ4n) is 3.05. The summed E-state index contributed by atoms with van der Waals surface area (Å²) in [7, 11) is 0. The highest BCUT2D eigenvalue weighted by Crippen LogP contribution is 2.09. The van der Waals surface area contributed by atoms with Crippen LogP contribution in [0, 0.1) is 5.92 Å². The monoisotopic (exact) mass is 500 g/mol. The van der Waals surface area contributed by atoms with Crippen LogP contribution in [0.5, 0.6) is 0 Å². The van der Waals surface area contributed by atoms with Gasteiger partial charge in [-0.25, -0.2) is 9.78 Å². The first kappa shape index (κ1) is 29.4. The van der Waals surface area contributed by atoms with Gasteiger partial charge in [-0.3, -0.25) is 14.4 Å². The third-order valence-electron chi connectivity index (χ3n) is 5.00. The number of thioether (sulfide) groups is 1. The molecule has 0 radical (unpaired) electrons. The van der Waals surface area contributed by atoms with Crippen molar-refractivity contribution in [1.29, 1.82) is 0 Å². The van der Waals surface area contributed by atoms with Gasteiger partial charge in [0.2, 0.25) is 17.7 Å². The van der Waals surface area contributed by atoms with Gasteiger partial charge >= 0.3 is 5.97 Å². The topological polar surface area (TPSA) is 200 Å². The van der Waals surface area contributed by atoms with Crippen molar-refractivity contribution >= 4 is 35.5 Å².